The number of nitrogens with zero attached hydrogens (tertiary/aromatic N) is 2. The fourth-order valence-corrected chi connectivity index (χ4v) is 7.23. The highest BCUT2D eigenvalue weighted by Gasteiger charge is 2.35. The maximum absolute atomic E-state index is 14.3. The smallest absolute Gasteiger partial charge is 0.264 e. The van der Waals surface area contributed by atoms with Crippen LogP contribution < -0.4 is 9.62 Å². The van der Waals surface area contributed by atoms with Gasteiger partial charge < -0.3 is 10.2 Å². The van der Waals surface area contributed by atoms with Crippen LogP contribution in [-0.2, 0) is 26.2 Å². The molecule has 1 aliphatic rings. The Hall–Kier alpha value is -3.36. The first-order valence-corrected chi connectivity index (χ1v) is 16.4. The van der Waals surface area contributed by atoms with Crippen LogP contribution in [-0.4, -0.2) is 43.8 Å². The Bertz CT molecular complexity index is 1490. The molecule has 0 heterocycles. The van der Waals surface area contributed by atoms with Crippen LogP contribution in [0.4, 0.5) is 5.69 Å². The molecule has 4 rings (SSSR count). The maximum Gasteiger partial charge on any atom is 0.264 e. The molecular weight excluding hydrogens is 570 g/mol. The van der Waals surface area contributed by atoms with Crippen molar-refractivity contribution < 1.29 is 18.0 Å². The SMILES string of the molecule is CC[C@H](C(=O)NC1CCCCC1)N(Cc1cccc(C)c1)C(=O)CN(c1cccc(Cl)c1C)S(=O)(=O)c1ccccc1. The van der Waals surface area contributed by atoms with Gasteiger partial charge in [-0.2, -0.15) is 0 Å². The van der Waals surface area contributed by atoms with Crippen molar-refractivity contribution in [1.82, 2.24) is 10.2 Å². The third-order valence-electron chi connectivity index (χ3n) is 7.89. The molecule has 0 aromatic heterocycles. The number of amides is 2. The van der Waals surface area contributed by atoms with E-state index < -0.39 is 28.5 Å². The van der Waals surface area contributed by atoms with Gasteiger partial charge in [-0.3, -0.25) is 13.9 Å². The summed E-state index contributed by atoms with van der Waals surface area (Å²) in [5.41, 5.74) is 2.75. The minimum absolute atomic E-state index is 0.0597. The zero-order chi connectivity index (χ0) is 30.3. The zero-order valence-electron chi connectivity index (χ0n) is 24.6. The van der Waals surface area contributed by atoms with E-state index in [1.165, 1.54) is 17.0 Å². The summed E-state index contributed by atoms with van der Waals surface area (Å²) in [6.45, 7) is 5.26. The number of benzene rings is 3. The van der Waals surface area contributed by atoms with Crippen molar-refractivity contribution in [1.29, 1.82) is 0 Å². The van der Waals surface area contributed by atoms with Crippen LogP contribution in [0.15, 0.2) is 77.7 Å². The Morgan fingerprint density at radius 2 is 1.64 bits per heavy atom. The number of carbonyl (C=O) groups is 2. The van der Waals surface area contributed by atoms with Crippen LogP contribution in [0.1, 0.15) is 62.1 Å². The van der Waals surface area contributed by atoms with Crippen molar-refractivity contribution in [2.24, 2.45) is 0 Å². The van der Waals surface area contributed by atoms with E-state index in [1.54, 1.807) is 43.3 Å². The second-order valence-electron chi connectivity index (χ2n) is 11.0. The molecule has 9 heteroatoms. The van der Waals surface area contributed by atoms with E-state index >= 15 is 0 Å². The molecule has 3 aromatic carbocycles. The summed E-state index contributed by atoms with van der Waals surface area (Å²) in [6, 6.07) is 20.1. The lowest BCUT2D eigenvalue weighted by molar-refractivity contribution is -0.140. The van der Waals surface area contributed by atoms with Crippen LogP contribution in [0.25, 0.3) is 0 Å². The predicted molar refractivity (Wildman–Crippen MR) is 168 cm³/mol. The van der Waals surface area contributed by atoms with E-state index in [0.29, 0.717) is 22.7 Å². The predicted octanol–water partition coefficient (Wildman–Crippen LogP) is 6.41. The van der Waals surface area contributed by atoms with Crippen LogP contribution in [0, 0.1) is 13.8 Å². The monoisotopic (exact) mass is 609 g/mol. The molecule has 42 heavy (non-hydrogen) atoms. The molecule has 0 bridgehead atoms. The Kier molecular flexibility index (Phi) is 10.7. The molecule has 1 N–H and O–H groups in total. The lowest BCUT2D eigenvalue weighted by Crippen LogP contribution is -2.54. The maximum atomic E-state index is 14.3. The van der Waals surface area contributed by atoms with Crippen LogP contribution in [0.2, 0.25) is 5.02 Å². The Morgan fingerprint density at radius 3 is 2.31 bits per heavy atom. The van der Waals surface area contributed by atoms with Gasteiger partial charge in [-0.15, -0.1) is 0 Å². The second kappa shape index (κ2) is 14.2. The number of hydrogen-bond donors (Lipinski definition) is 1. The molecule has 0 unspecified atom stereocenters. The summed E-state index contributed by atoms with van der Waals surface area (Å²) in [7, 11) is -4.15. The average Bonchev–Trinajstić information content (AvgIpc) is 2.98. The standard InChI is InChI=1S/C33H40ClN3O4S/c1-4-30(33(39)35-27-15-7-5-8-16-27)36(22-26-14-11-13-24(2)21-26)32(38)23-37(31-20-12-19-29(34)25(31)3)42(40,41)28-17-9-6-10-18-28/h6,9-14,17-21,27,30H,4-5,7-8,15-16,22-23H2,1-3H3,(H,35,39)/t30-/m1/s1. The lowest BCUT2D eigenvalue weighted by Gasteiger charge is -2.35. The Balaban J connectivity index is 1.73. The molecule has 0 aliphatic heterocycles. The number of halogens is 1. The van der Waals surface area contributed by atoms with Crippen LogP contribution in [0.3, 0.4) is 0 Å². The quantitative estimate of drug-likeness (QED) is 0.272. The van der Waals surface area contributed by atoms with Crippen molar-refractivity contribution in [3.63, 3.8) is 0 Å². The Labute approximate surface area is 254 Å². The summed E-state index contributed by atoms with van der Waals surface area (Å²) in [5.74, 6) is -0.678. The van der Waals surface area contributed by atoms with Crippen LogP contribution in [0.5, 0.6) is 0 Å². The molecule has 224 valence electrons. The number of hydrogen-bond acceptors (Lipinski definition) is 4. The summed E-state index contributed by atoms with van der Waals surface area (Å²) in [6.07, 6.45) is 5.53. The summed E-state index contributed by atoms with van der Waals surface area (Å²) < 4.78 is 29.2. The second-order valence-corrected chi connectivity index (χ2v) is 13.3. The Morgan fingerprint density at radius 1 is 0.952 bits per heavy atom. The van der Waals surface area contributed by atoms with Gasteiger partial charge >= 0.3 is 0 Å². The van der Waals surface area contributed by atoms with Crippen LogP contribution >= 0.6 is 11.6 Å². The van der Waals surface area contributed by atoms with Crippen molar-refractivity contribution in [2.75, 3.05) is 10.8 Å². The number of sulfonamides is 1. The van der Waals surface area contributed by atoms with Gasteiger partial charge in [0.2, 0.25) is 11.8 Å². The van der Waals surface area contributed by atoms with Gasteiger partial charge in [-0.05, 0) is 68.5 Å². The molecule has 1 aliphatic carbocycles. The molecule has 0 radical (unpaired) electrons. The number of aryl methyl sites for hydroxylation is 1. The van der Waals surface area contributed by atoms with E-state index in [9.17, 15) is 18.0 Å². The first-order valence-electron chi connectivity index (χ1n) is 14.6. The third kappa shape index (κ3) is 7.53. The molecule has 0 saturated heterocycles. The van der Waals surface area contributed by atoms with E-state index in [-0.39, 0.29) is 23.4 Å². The highest BCUT2D eigenvalue weighted by Crippen LogP contribution is 2.31. The van der Waals surface area contributed by atoms with E-state index in [1.807, 2.05) is 38.1 Å². The fraction of sp³-hybridized carbons (Fsp3) is 0.394. The van der Waals surface area contributed by atoms with Gasteiger partial charge in [-0.1, -0.05) is 91.9 Å². The van der Waals surface area contributed by atoms with Crippen molar-refractivity contribution in [2.45, 2.75) is 82.8 Å². The number of anilines is 1. The summed E-state index contributed by atoms with van der Waals surface area (Å²) in [5, 5.41) is 3.57. The minimum atomic E-state index is -4.15. The molecule has 2 amide bonds. The average molecular weight is 610 g/mol. The normalized spacial score (nSPS) is 14.7. The summed E-state index contributed by atoms with van der Waals surface area (Å²) >= 11 is 6.41. The lowest BCUT2D eigenvalue weighted by atomic mass is 9.95. The fourth-order valence-electron chi connectivity index (χ4n) is 5.57. The summed E-state index contributed by atoms with van der Waals surface area (Å²) in [4.78, 5) is 29.5. The van der Waals surface area contributed by atoms with Crippen molar-refractivity contribution in [3.8, 4) is 0 Å². The first-order chi connectivity index (χ1) is 20.1. The van der Waals surface area contributed by atoms with Gasteiger partial charge in [0.25, 0.3) is 10.0 Å². The van der Waals surface area contributed by atoms with Gasteiger partial charge in [0.05, 0.1) is 10.6 Å². The third-order valence-corrected chi connectivity index (χ3v) is 10.1. The molecule has 1 fully saturated rings. The zero-order valence-corrected chi connectivity index (χ0v) is 26.1. The molecular formula is C33H40ClN3O4S. The van der Waals surface area contributed by atoms with E-state index in [0.717, 1.165) is 47.5 Å². The highest BCUT2D eigenvalue weighted by atomic mass is 35.5. The first kappa shape index (κ1) is 31.6. The number of rotatable bonds is 11. The van der Waals surface area contributed by atoms with Crippen molar-refractivity contribution >= 4 is 39.1 Å². The number of carbonyl (C=O) groups excluding carboxylic acids is 2. The number of nitrogens with one attached hydrogen (secondary N) is 1. The minimum Gasteiger partial charge on any atom is -0.352 e. The van der Waals surface area contributed by atoms with E-state index in [2.05, 4.69) is 5.32 Å². The van der Waals surface area contributed by atoms with Gasteiger partial charge in [0, 0.05) is 17.6 Å². The highest BCUT2D eigenvalue weighted by molar-refractivity contribution is 7.92. The van der Waals surface area contributed by atoms with E-state index in [4.69, 9.17) is 11.6 Å². The largest absolute Gasteiger partial charge is 0.352 e. The van der Waals surface area contributed by atoms with Gasteiger partial charge in [-0.25, -0.2) is 8.42 Å². The van der Waals surface area contributed by atoms with Gasteiger partial charge in [0.15, 0.2) is 0 Å². The molecule has 7 nitrogen and oxygen atoms in total. The molecule has 0 spiro atoms. The molecule has 1 saturated carbocycles. The topological polar surface area (TPSA) is 86.8 Å². The molecule has 1 atom stereocenters. The van der Waals surface area contributed by atoms with Gasteiger partial charge in [0.1, 0.15) is 12.6 Å². The molecule has 3 aromatic rings. The van der Waals surface area contributed by atoms with Crippen molar-refractivity contribution in [3.05, 3.63) is 94.5 Å².